The van der Waals surface area contributed by atoms with Gasteiger partial charge in [0.2, 0.25) is 10.0 Å². The first kappa shape index (κ1) is 23.3. The quantitative estimate of drug-likeness (QED) is 0.670. The van der Waals surface area contributed by atoms with Gasteiger partial charge in [-0.25, -0.2) is 17.7 Å². The molecule has 0 radical (unpaired) electrons. The second-order valence-corrected chi connectivity index (χ2v) is 10.1. The SMILES string of the molecule is CN(C)S(=O)(=O)c1ccc(C(=O)N2CCCSC2=Nc2cccc(C(F)(F)F)c2)cc1. The van der Waals surface area contributed by atoms with E-state index in [1.807, 2.05) is 0 Å². The van der Waals surface area contributed by atoms with Gasteiger partial charge in [0.05, 0.1) is 16.1 Å². The molecule has 11 heteroatoms. The lowest BCUT2D eigenvalue weighted by Gasteiger charge is -2.28. The Morgan fingerprint density at radius 2 is 1.81 bits per heavy atom. The minimum Gasteiger partial charge on any atom is -0.287 e. The fourth-order valence-corrected chi connectivity index (χ4v) is 4.70. The molecule has 0 unspecified atom stereocenters. The molecule has 0 spiro atoms. The van der Waals surface area contributed by atoms with Crippen LogP contribution < -0.4 is 0 Å². The Balaban J connectivity index is 1.89. The summed E-state index contributed by atoms with van der Waals surface area (Å²) in [4.78, 5) is 18.8. The predicted molar refractivity (Wildman–Crippen MR) is 114 cm³/mol. The van der Waals surface area contributed by atoms with Gasteiger partial charge in [-0.3, -0.25) is 9.69 Å². The predicted octanol–water partition coefficient (Wildman–Crippen LogP) is 4.22. The largest absolute Gasteiger partial charge is 0.416 e. The Bertz CT molecular complexity index is 1100. The summed E-state index contributed by atoms with van der Waals surface area (Å²) in [7, 11) is -0.798. The van der Waals surface area contributed by atoms with Gasteiger partial charge < -0.3 is 0 Å². The molecule has 1 saturated heterocycles. The van der Waals surface area contributed by atoms with E-state index in [4.69, 9.17) is 0 Å². The molecule has 0 N–H and O–H groups in total. The van der Waals surface area contributed by atoms with Crippen LogP contribution in [-0.4, -0.2) is 55.1 Å². The maximum atomic E-state index is 13.0. The Labute approximate surface area is 182 Å². The van der Waals surface area contributed by atoms with Crippen molar-refractivity contribution in [3.63, 3.8) is 0 Å². The molecule has 1 fully saturated rings. The number of rotatable bonds is 4. The molecule has 0 atom stereocenters. The highest BCUT2D eigenvalue weighted by molar-refractivity contribution is 8.13. The molecule has 0 aromatic heterocycles. The third-order valence-electron chi connectivity index (χ3n) is 4.51. The van der Waals surface area contributed by atoms with Crippen LogP contribution in [0.25, 0.3) is 0 Å². The highest BCUT2D eigenvalue weighted by Gasteiger charge is 2.31. The third-order valence-corrected chi connectivity index (χ3v) is 7.40. The summed E-state index contributed by atoms with van der Waals surface area (Å²) < 4.78 is 64.4. The van der Waals surface area contributed by atoms with Gasteiger partial charge in [-0.1, -0.05) is 17.8 Å². The zero-order chi connectivity index (χ0) is 22.8. The van der Waals surface area contributed by atoms with E-state index in [2.05, 4.69) is 4.99 Å². The summed E-state index contributed by atoms with van der Waals surface area (Å²) in [5, 5.41) is 0.306. The maximum Gasteiger partial charge on any atom is 0.416 e. The summed E-state index contributed by atoms with van der Waals surface area (Å²) in [5.41, 5.74) is -0.452. The minimum absolute atomic E-state index is 0.0555. The number of aliphatic imine (C=N–C) groups is 1. The summed E-state index contributed by atoms with van der Waals surface area (Å²) in [6.45, 7) is 0.362. The normalized spacial score (nSPS) is 16.7. The van der Waals surface area contributed by atoms with Gasteiger partial charge in [-0.05, 0) is 48.9 Å². The third kappa shape index (κ3) is 5.28. The van der Waals surface area contributed by atoms with Crippen molar-refractivity contribution in [1.82, 2.24) is 9.21 Å². The van der Waals surface area contributed by atoms with Gasteiger partial charge in [-0.2, -0.15) is 13.2 Å². The number of carbonyl (C=O) groups excluding carboxylic acids is 1. The van der Waals surface area contributed by atoms with Gasteiger partial charge in [0.15, 0.2) is 5.17 Å². The van der Waals surface area contributed by atoms with Crippen molar-refractivity contribution < 1.29 is 26.4 Å². The van der Waals surface area contributed by atoms with Crippen LogP contribution >= 0.6 is 11.8 Å². The van der Waals surface area contributed by atoms with Gasteiger partial charge >= 0.3 is 6.18 Å². The van der Waals surface area contributed by atoms with Crippen molar-refractivity contribution in [2.75, 3.05) is 26.4 Å². The highest BCUT2D eigenvalue weighted by atomic mass is 32.2. The van der Waals surface area contributed by atoms with Crippen molar-refractivity contribution in [2.45, 2.75) is 17.5 Å². The summed E-state index contributed by atoms with van der Waals surface area (Å²) in [6, 6.07) is 10.1. The summed E-state index contributed by atoms with van der Waals surface area (Å²) in [6.07, 6.45) is -3.79. The fourth-order valence-electron chi connectivity index (χ4n) is 2.84. The average Bonchev–Trinajstić information content (AvgIpc) is 2.73. The molecule has 31 heavy (non-hydrogen) atoms. The Morgan fingerprint density at radius 3 is 2.42 bits per heavy atom. The van der Waals surface area contributed by atoms with Crippen molar-refractivity contribution in [3.8, 4) is 0 Å². The summed E-state index contributed by atoms with van der Waals surface area (Å²) >= 11 is 1.29. The van der Waals surface area contributed by atoms with Crippen LogP contribution in [0.1, 0.15) is 22.3 Å². The Kier molecular flexibility index (Phi) is 6.77. The van der Waals surface area contributed by atoms with Crippen molar-refractivity contribution >= 4 is 38.5 Å². The van der Waals surface area contributed by atoms with Crippen LogP contribution in [0.3, 0.4) is 0 Å². The monoisotopic (exact) mass is 471 g/mol. The topological polar surface area (TPSA) is 70.1 Å². The Hall–Kier alpha value is -2.37. The molecule has 3 rings (SSSR count). The lowest BCUT2D eigenvalue weighted by molar-refractivity contribution is -0.137. The first-order chi connectivity index (χ1) is 14.5. The molecule has 166 valence electrons. The molecule has 6 nitrogen and oxygen atoms in total. The van der Waals surface area contributed by atoms with Crippen molar-refractivity contribution in [1.29, 1.82) is 0 Å². The van der Waals surface area contributed by atoms with E-state index in [-0.39, 0.29) is 16.1 Å². The maximum absolute atomic E-state index is 13.0. The van der Waals surface area contributed by atoms with E-state index in [0.717, 1.165) is 16.4 Å². The molecule has 1 aliphatic heterocycles. The smallest absolute Gasteiger partial charge is 0.287 e. The zero-order valence-corrected chi connectivity index (χ0v) is 18.4. The molecular formula is C20H20F3N3O3S2. The first-order valence-electron chi connectivity index (χ1n) is 9.23. The lowest BCUT2D eigenvalue weighted by atomic mass is 10.2. The highest BCUT2D eigenvalue weighted by Crippen LogP contribution is 2.32. The van der Waals surface area contributed by atoms with Crippen LogP contribution in [0.15, 0.2) is 58.4 Å². The van der Waals surface area contributed by atoms with E-state index >= 15 is 0 Å². The fraction of sp³-hybridized carbons (Fsp3) is 0.300. The molecule has 2 aromatic carbocycles. The number of thioether (sulfide) groups is 1. The molecule has 0 saturated carbocycles. The molecule has 1 aliphatic rings. The molecule has 2 aromatic rings. The number of amidine groups is 1. The number of halogens is 3. The molecular weight excluding hydrogens is 451 g/mol. The van der Waals surface area contributed by atoms with E-state index in [0.29, 0.717) is 23.9 Å². The van der Waals surface area contributed by atoms with Gasteiger partial charge in [0.1, 0.15) is 0 Å². The van der Waals surface area contributed by atoms with E-state index in [9.17, 15) is 26.4 Å². The number of carbonyl (C=O) groups is 1. The van der Waals surface area contributed by atoms with Crippen LogP contribution in [0, 0.1) is 0 Å². The van der Waals surface area contributed by atoms with E-state index in [1.54, 1.807) is 0 Å². The van der Waals surface area contributed by atoms with E-state index < -0.39 is 27.7 Å². The van der Waals surface area contributed by atoms with E-state index in [1.165, 1.54) is 67.2 Å². The van der Waals surface area contributed by atoms with Crippen LogP contribution in [0.5, 0.6) is 0 Å². The van der Waals surface area contributed by atoms with Gasteiger partial charge in [0.25, 0.3) is 5.91 Å². The number of nitrogens with zero attached hydrogens (tertiary/aromatic N) is 3. The number of hydrogen-bond donors (Lipinski definition) is 0. The molecule has 1 heterocycles. The number of benzene rings is 2. The lowest BCUT2D eigenvalue weighted by Crippen LogP contribution is -2.39. The zero-order valence-electron chi connectivity index (χ0n) is 16.8. The number of hydrogen-bond acceptors (Lipinski definition) is 5. The van der Waals surface area contributed by atoms with Crippen LogP contribution in [0.2, 0.25) is 0 Å². The van der Waals surface area contributed by atoms with Gasteiger partial charge in [-0.15, -0.1) is 0 Å². The number of sulfonamides is 1. The molecule has 0 aliphatic carbocycles. The second-order valence-electron chi connectivity index (χ2n) is 6.91. The number of alkyl halides is 3. The van der Waals surface area contributed by atoms with Crippen molar-refractivity contribution in [3.05, 3.63) is 59.7 Å². The first-order valence-corrected chi connectivity index (χ1v) is 11.7. The van der Waals surface area contributed by atoms with Crippen LogP contribution in [0.4, 0.5) is 18.9 Å². The number of amides is 1. The molecule has 0 bridgehead atoms. The Morgan fingerprint density at radius 1 is 1.13 bits per heavy atom. The second kappa shape index (κ2) is 9.01. The van der Waals surface area contributed by atoms with Gasteiger partial charge in [0, 0.05) is 32.0 Å². The van der Waals surface area contributed by atoms with Crippen LogP contribution in [-0.2, 0) is 16.2 Å². The summed E-state index contributed by atoms with van der Waals surface area (Å²) in [5.74, 6) is 0.286. The molecule has 1 amide bonds. The average molecular weight is 472 g/mol. The minimum atomic E-state index is -4.49. The standard InChI is InChI=1S/C20H20F3N3O3S2/c1-25(2)31(28,29)17-9-7-14(8-10-17)18(27)26-11-4-12-30-19(26)24-16-6-3-5-15(13-16)20(21,22)23/h3,5-10,13H,4,11-12H2,1-2H3. The van der Waals surface area contributed by atoms with Crippen molar-refractivity contribution in [2.24, 2.45) is 4.99 Å².